The minimum Gasteiger partial charge on any atom is -0.467 e. The van der Waals surface area contributed by atoms with Crippen molar-refractivity contribution in [3.8, 4) is 0 Å². The van der Waals surface area contributed by atoms with Crippen LogP contribution in [-0.2, 0) is 11.3 Å². The van der Waals surface area contributed by atoms with E-state index in [0.29, 0.717) is 49.7 Å². The topological polar surface area (TPSA) is 71.8 Å². The van der Waals surface area contributed by atoms with Crippen LogP contribution in [0.2, 0.25) is 0 Å². The standard InChI is InChI=1S/C17H18N2O4/c20-16(18-12-15-2-1-9-23-15)13-3-5-14(6-4-13)17(21)19-7-10-22-11-8-19/h1-6,9H,7-8,10-12H2,(H,18,20). The van der Waals surface area contributed by atoms with Crippen molar-refractivity contribution in [2.45, 2.75) is 6.54 Å². The van der Waals surface area contributed by atoms with Gasteiger partial charge in [0.2, 0.25) is 0 Å². The van der Waals surface area contributed by atoms with Crippen molar-refractivity contribution in [3.05, 3.63) is 59.5 Å². The molecule has 1 aliphatic rings. The second kappa shape index (κ2) is 7.11. The van der Waals surface area contributed by atoms with Gasteiger partial charge in [0, 0.05) is 24.2 Å². The maximum Gasteiger partial charge on any atom is 0.254 e. The lowest BCUT2D eigenvalue weighted by molar-refractivity contribution is 0.0303. The second-order valence-electron chi connectivity index (χ2n) is 5.24. The Labute approximate surface area is 134 Å². The fourth-order valence-electron chi connectivity index (χ4n) is 2.40. The summed E-state index contributed by atoms with van der Waals surface area (Å²) in [7, 11) is 0. The number of benzene rings is 1. The van der Waals surface area contributed by atoms with Crippen molar-refractivity contribution >= 4 is 11.8 Å². The van der Waals surface area contributed by atoms with Gasteiger partial charge in [-0.25, -0.2) is 0 Å². The van der Waals surface area contributed by atoms with Crippen LogP contribution in [0.3, 0.4) is 0 Å². The summed E-state index contributed by atoms with van der Waals surface area (Å²) in [5.74, 6) is 0.458. The van der Waals surface area contributed by atoms with Crippen molar-refractivity contribution in [2.24, 2.45) is 0 Å². The van der Waals surface area contributed by atoms with E-state index in [1.54, 1.807) is 47.6 Å². The summed E-state index contributed by atoms with van der Waals surface area (Å²) in [5.41, 5.74) is 1.09. The van der Waals surface area contributed by atoms with Gasteiger partial charge in [-0.3, -0.25) is 9.59 Å². The minimum absolute atomic E-state index is 0.0316. The number of amides is 2. The van der Waals surface area contributed by atoms with Gasteiger partial charge in [0.25, 0.3) is 11.8 Å². The van der Waals surface area contributed by atoms with Crippen LogP contribution < -0.4 is 5.32 Å². The number of carbonyl (C=O) groups excluding carboxylic acids is 2. The molecular formula is C17H18N2O4. The average Bonchev–Trinajstić information content (AvgIpc) is 3.13. The van der Waals surface area contributed by atoms with Crippen molar-refractivity contribution in [1.82, 2.24) is 10.2 Å². The van der Waals surface area contributed by atoms with E-state index in [2.05, 4.69) is 5.32 Å². The molecule has 0 aliphatic carbocycles. The first-order chi connectivity index (χ1) is 11.2. The summed E-state index contributed by atoms with van der Waals surface area (Å²) in [6, 6.07) is 10.2. The Balaban J connectivity index is 1.59. The summed E-state index contributed by atoms with van der Waals surface area (Å²) < 4.78 is 10.4. The highest BCUT2D eigenvalue weighted by Crippen LogP contribution is 2.10. The predicted molar refractivity (Wildman–Crippen MR) is 83.0 cm³/mol. The number of morpholine rings is 1. The Bertz CT molecular complexity index is 658. The molecule has 1 aromatic carbocycles. The number of hydrogen-bond donors (Lipinski definition) is 1. The van der Waals surface area contributed by atoms with E-state index in [9.17, 15) is 9.59 Å². The molecular weight excluding hydrogens is 296 g/mol. The van der Waals surface area contributed by atoms with Gasteiger partial charge in [-0.1, -0.05) is 0 Å². The Kier molecular flexibility index (Phi) is 4.73. The van der Waals surface area contributed by atoms with Crippen molar-refractivity contribution in [1.29, 1.82) is 0 Å². The van der Waals surface area contributed by atoms with Crippen LogP contribution in [0, 0.1) is 0 Å². The van der Waals surface area contributed by atoms with Crippen LogP contribution in [0.15, 0.2) is 47.1 Å². The molecule has 2 amide bonds. The van der Waals surface area contributed by atoms with Crippen molar-refractivity contribution in [2.75, 3.05) is 26.3 Å². The van der Waals surface area contributed by atoms with Gasteiger partial charge in [-0.15, -0.1) is 0 Å². The SMILES string of the molecule is O=C(NCc1ccco1)c1ccc(C(=O)N2CCOCC2)cc1. The highest BCUT2D eigenvalue weighted by molar-refractivity contribution is 5.97. The monoisotopic (exact) mass is 314 g/mol. The molecule has 1 N–H and O–H groups in total. The van der Waals surface area contributed by atoms with E-state index < -0.39 is 0 Å². The number of furan rings is 1. The second-order valence-corrected chi connectivity index (χ2v) is 5.24. The fraction of sp³-hybridized carbons (Fsp3) is 0.294. The van der Waals surface area contributed by atoms with Gasteiger partial charge in [0.05, 0.1) is 26.0 Å². The summed E-state index contributed by atoms with van der Waals surface area (Å²) in [5, 5.41) is 2.77. The molecule has 0 bridgehead atoms. The minimum atomic E-state index is -0.202. The Morgan fingerprint density at radius 2 is 1.74 bits per heavy atom. The molecule has 3 rings (SSSR count). The van der Waals surface area contributed by atoms with Crippen molar-refractivity contribution < 1.29 is 18.7 Å². The van der Waals surface area contributed by atoms with Crippen LogP contribution in [0.1, 0.15) is 26.5 Å². The zero-order valence-electron chi connectivity index (χ0n) is 12.7. The molecule has 1 saturated heterocycles. The molecule has 1 aliphatic heterocycles. The highest BCUT2D eigenvalue weighted by atomic mass is 16.5. The molecule has 2 aromatic rings. The number of nitrogens with one attached hydrogen (secondary N) is 1. The van der Waals surface area contributed by atoms with E-state index >= 15 is 0 Å². The van der Waals surface area contributed by atoms with Crippen LogP contribution in [0.25, 0.3) is 0 Å². The summed E-state index contributed by atoms with van der Waals surface area (Å²) in [6.07, 6.45) is 1.56. The fourth-order valence-corrected chi connectivity index (χ4v) is 2.40. The normalized spacial score (nSPS) is 14.5. The third-order valence-electron chi connectivity index (χ3n) is 3.70. The number of hydrogen-bond acceptors (Lipinski definition) is 4. The Hall–Kier alpha value is -2.60. The van der Waals surface area contributed by atoms with Crippen LogP contribution in [-0.4, -0.2) is 43.0 Å². The van der Waals surface area contributed by atoms with Gasteiger partial charge < -0.3 is 19.4 Å². The highest BCUT2D eigenvalue weighted by Gasteiger charge is 2.18. The summed E-state index contributed by atoms with van der Waals surface area (Å²) in [4.78, 5) is 26.1. The smallest absolute Gasteiger partial charge is 0.254 e. The Morgan fingerprint density at radius 1 is 1.04 bits per heavy atom. The van der Waals surface area contributed by atoms with Gasteiger partial charge in [0.15, 0.2) is 0 Å². The number of rotatable bonds is 4. The largest absolute Gasteiger partial charge is 0.467 e. The molecule has 0 saturated carbocycles. The van der Waals surface area contributed by atoms with Gasteiger partial charge >= 0.3 is 0 Å². The lowest BCUT2D eigenvalue weighted by Crippen LogP contribution is -2.40. The zero-order chi connectivity index (χ0) is 16.1. The van der Waals surface area contributed by atoms with E-state index in [1.165, 1.54) is 0 Å². The van der Waals surface area contributed by atoms with Crippen LogP contribution in [0.4, 0.5) is 0 Å². The third kappa shape index (κ3) is 3.78. The molecule has 0 spiro atoms. The number of ether oxygens (including phenoxy) is 1. The van der Waals surface area contributed by atoms with Crippen molar-refractivity contribution in [3.63, 3.8) is 0 Å². The average molecular weight is 314 g/mol. The van der Waals surface area contributed by atoms with E-state index in [-0.39, 0.29) is 11.8 Å². The molecule has 0 atom stereocenters. The molecule has 1 aromatic heterocycles. The first-order valence-corrected chi connectivity index (χ1v) is 7.52. The van der Waals surface area contributed by atoms with Gasteiger partial charge in [-0.05, 0) is 36.4 Å². The zero-order valence-corrected chi connectivity index (χ0v) is 12.7. The maximum absolute atomic E-state index is 12.3. The summed E-state index contributed by atoms with van der Waals surface area (Å²) in [6.45, 7) is 2.67. The van der Waals surface area contributed by atoms with Gasteiger partial charge in [0.1, 0.15) is 5.76 Å². The maximum atomic E-state index is 12.3. The molecule has 6 heteroatoms. The molecule has 23 heavy (non-hydrogen) atoms. The molecule has 0 radical (unpaired) electrons. The molecule has 1 fully saturated rings. The molecule has 6 nitrogen and oxygen atoms in total. The molecule has 2 heterocycles. The Morgan fingerprint density at radius 3 is 2.39 bits per heavy atom. The molecule has 0 unspecified atom stereocenters. The lowest BCUT2D eigenvalue weighted by Gasteiger charge is -2.26. The molecule has 120 valence electrons. The number of carbonyl (C=O) groups is 2. The van der Waals surface area contributed by atoms with Gasteiger partial charge in [-0.2, -0.15) is 0 Å². The van der Waals surface area contributed by atoms with Crippen LogP contribution >= 0.6 is 0 Å². The third-order valence-corrected chi connectivity index (χ3v) is 3.70. The lowest BCUT2D eigenvalue weighted by atomic mass is 10.1. The number of nitrogens with zero attached hydrogens (tertiary/aromatic N) is 1. The van der Waals surface area contributed by atoms with Crippen LogP contribution in [0.5, 0.6) is 0 Å². The quantitative estimate of drug-likeness (QED) is 0.932. The predicted octanol–water partition coefficient (Wildman–Crippen LogP) is 1.68. The van der Waals surface area contributed by atoms with E-state index in [1.807, 2.05) is 0 Å². The summed E-state index contributed by atoms with van der Waals surface area (Å²) >= 11 is 0. The first-order valence-electron chi connectivity index (χ1n) is 7.52. The first kappa shape index (κ1) is 15.3. The van der Waals surface area contributed by atoms with E-state index in [4.69, 9.17) is 9.15 Å². The van der Waals surface area contributed by atoms with E-state index in [0.717, 1.165) is 0 Å².